The minimum atomic E-state index is -0.893. The summed E-state index contributed by atoms with van der Waals surface area (Å²) in [6.45, 7) is 4.39. The van der Waals surface area contributed by atoms with Gasteiger partial charge in [0.2, 0.25) is 5.91 Å². The highest BCUT2D eigenvalue weighted by Gasteiger charge is 2.43. The van der Waals surface area contributed by atoms with E-state index in [1.807, 2.05) is 0 Å². The molecule has 0 saturated carbocycles. The van der Waals surface area contributed by atoms with Gasteiger partial charge in [-0.1, -0.05) is 0 Å². The Kier molecular flexibility index (Phi) is 3.34. The number of likely N-dealkylation sites (tertiary alicyclic amines) is 1. The fourth-order valence-electron chi connectivity index (χ4n) is 1.84. The summed E-state index contributed by atoms with van der Waals surface area (Å²) in [4.78, 5) is 24.7. The first-order valence-corrected chi connectivity index (χ1v) is 5.02. The quantitative estimate of drug-likeness (QED) is 0.657. The van der Waals surface area contributed by atoms with Gasteiger partial charge in [-0.3, -0.25) is 4.79 Å². The summed E-state index contributed by atoms with van der Waals surface area (Å²) in [6, 6.07) is 0. The second-order valence-corrected chi connectivity index (χ2v) is 4.36. The topological polar surface area (TPSA) is 72.6 Å². The van der Waals surface area contributed by atoms with Gasteiger partial charge in [0.05, 0.1) is 7.11 Å². The molecule has 0 aliphatic carbocycles. The molecule has 1 fully saturated rings. The molecule has 2 N–H and O–H groups in total. The second-order valence-electron chi connectivity index (χ2n) is 4.36. The van der Waals surface area contributed by atoms with Crippen LogP contribution in [0.5, 0.6) is 0 Å². The molecule has 0 aromatic heterocycles. The number of hydrogen-bond acceptors (Lipinski definition) is 4. The van der Waals surface area contributed by atoms with Crippen molar-refractivity contribution >= 4 is 11.9 Å². The van der Waals surface area contributed by atoms with Gasteiger partial charge in [0.25, 0.3) is 0 Å². The number of carbonyl (C=O) groups excluding carboxylic acids is 2. The Morgan fingerprint density at radius 2 is 2.27 bits per heavy atom. The highest BCUT2D eigenvalue weighted by Crippen LogP contribution is 2.26. The Morgan fingerprint density at radius 3 is 2.67 bits per heavy atom. The molecule has 15 heavy (non-hydrogen) atoms. The van der Waals surface area contributed by atoms with E-state index >= 15 is 0 Å². The maximum absolute atomic E-state index is 11.7. The molecule has 1 heterocycles. The van der Waals surface area contributed by atoms with Crippen LogP contribution >= 0.6 is 0 Å². The zero-order chi connectivity index (χ0) is 11.6. The van der Waals surface area contributed by atoms with E-state index in [0.717, 1.165) is 0 Å². The van der Waals surface area contributed by atoms with Gasteiger partial charge in [0.15, 0.2) is 0 Å². The zero-order valence-electron chi connectivity index (χ0n) is 9.45. The largest absolute Gasteiger partial charge is 0.467 e. The van der Waals surface area contributed by atoms with Crippen molar-refractivity contribution in [3.8, 4) is 0 Å². The van der Waals surface area contributed by atoms with Gasteiger partial charge >= 0.3 is 5.97 Å². The lowest BCUT2D eigenvalue weighted by Crippen LogP contribution is -2.51. The minimum absolute atomic E-state index is 0.0270. The number of methoxy groups -OCH3 is 1. The number of esters is 1. The van der Waals surface area contributed by atoms with Gasteiger partial charge in [-0.05, 0) is 26.3 Å². The first-order chi connectivity index (χ1) is 6.93. The van der Waals surface area contributed by atoms with Crippen LogP contribution in [0, 0.1) is 5.92 Å². The predicted octanol–water partition coefficient (Wildman–Crippen LogP) is -0.255. The van der Waals surface area contributed by atoms with Crippen molar-refractivity contribution in [2.24, 2.45) is 11.7 Å². The summed E-state index contributed by atoms with van der Waals surface area (Å²) >= 11 is 0. The smallest absolute Gasteiger partial charge is 0.331 e. The number of amides is 1. The van der Waals surface area contributed by atoms with Crippen molar-refractivity contribution in [3.05, 3.63) is 0 Å². The molecule has 1 rings (SSSR count). The molecule has 0 aromatic carbocycles. The van der Waals surface area contributed by atoms with Crippen molar-refractivity contribution in [1.82, 2.24) is 4.90 Å². The third kappa shape index (κ3) is 2.12. The predicted molar refractivity (Wildman–Crippen MR) is 55.0 cm³/mol. The molecule has 0 spiro atoms. The summed E-state index contributed by atoms with van der Waals surface area (Å²) in [5.74, 6) is -0.268. The third-order valence-electron chi connectivity index (χ3n) is 2.90. The van der Waals surface area contributed by atoms with E-state index < -0.39 is 11.5 Å². The summed E-state index contributed by atoms with van der Waals surface area (Å²) in [5.41, 5.74) is 4.62. The lowest BCUT2D eigenvalue weighted by atomic mass is 10.0. The maximum atomic E-state index is 11.7. The summed E-state index contributed by atoms with van der Waals surface area (Å²) in [6.07, 6.45) is 0.428. The van der Waals surface area contributed by atoms with Gasteiger partial charge in [0.1, 0.15) is 5.54 Å². The van der Waals surface area contributed by atoms with Crippen molar-refractivity contribution in [2.75, 3.05) is 20.2 Å². The lowest BCUT2D eigenvalue weighted by molar-refractivity contribution is -0.157. The summed E-state index contributed by atoms with van der Waals surface area (Å²) in [5, 5.41) is 0. The van der Waals surface area contributed by atoms with Gasteiger partial charge in [-0.2, -0.15) is 0 Å². The molecule has 0 radical (unpaired) electrons. The molecule has 1 atom stereocenters. The summed E-state index contributed by atoms with van der Waals surface area (Å²) < 4.78 is 4.68. The molecule has 86 valence electrons. The van der Waals surface area contributed by atoms with Crippen LogP contribution in [0.1, 0.15) is 20.3 Å². The van der Waals surface area contributed by atoms with E-state index in [2.05, 4.69) is 4.74 Å². The van der Waals surface area contributed by atoms with Crippen LogP contribution in [0.15, 0.2) is 0 Å². The molecular weight excluding hydrogens is 196 g/mol. The normalized spacial score (nSPS) is 22.0. The van der Waals surface area contributed by atoms with Gasteiger partial charge in [-0.15, -0.1) is 0 Å². The van der Waals surface area contributed by atoms with Gasteiger partial charge in [-0.25, -0.2) is 4.79 Å². The van der Waals surface area contributed by atoms with Gasteiger partial charge < -0.3 is 15.4 Å². The van der Waals surface area contributed by atoms with Crippen molar-refractivity contribution in [2.45, 2.75) is 25.8 Å². The highest BCUT2D eigenvalue weighted by atomic mass is 16.5. The van der Waals surface area contributed by atoms with E-state index in [1.54, 1.807) is 18.7 Å². The molecule has 1 saturated heterocycles. The van der Waals surface area contributed by atoms with Crippen molar-refractivity contribution in [1.29, 1.82) is 0 Å². The fraction of sp³-hybridized carbons (Fsp3) is 0.800. The van der Waals surface area contributed by atoms with Crippen LogP contribution < -0.4 is 5.73 Å². The fourth-order valence-corrected chi connectivity index (χ4v) is 1.84. The molecule has 5 nitrogen and oxygen atoms in total. The Morgan fingerprint density at radius 1 is 1.67 bits per heavy atom. The number of nitrogens with two attached hydrogens (primary N) is 1. The van der Waals surface area contributed by atoms with Gasteiger partial charge in [0, 0.05) is 13.0 Å². The Balaban J connectivity index is 2.80. The SMILES string of the molecule is COC(=O)C(C)(C)N1CC(CN)CC1=O. The Hall–Kier alpha value is -1.10. The van der Waals surface area contributed by atoms with Crippen molar-refractivity contribution in [3.63, 3.8) is 0 Å². The number of carbonyl (C=O) groups is 2. The molecule has 1 amide bonds. The maximum Gasteiger partial charge on any atom is 0.331 e. The number of rotatable bonds is 3. The first-order valence-electron chi connectivity index (χ1n) is 5.02. The van der Waals surface area contributed by atoms with E-state index in [4.69, 9.17) is 5.73 Å². The number of nitrogens with zero attached hydrogens (tertiary/aromatic N) is 1. The molecular formula is C10H18N2O3. The minimum Gasteiger partial charge on any atom is -0.467 e. The molecule has 1 unspecified atom stereocenters. The lowest BCUT2D eigenvalue weighted by Gasteiger charge is -2.32. The van der Waals surface area contributed by atoms with E-state index in [9.17, 15) is 9.59 Å². The zero-order valence-corrected chi connectivity index (χ0v) is 9.45. The van der Waals surface area contributed by atoms with Crippen LogP contribution in [0.2, 0.25) is 0 Å². The van der Waals surface area contributed by atoms with Crippen LogP contribution in [0.25, 0.3) is 0 Å². The Labute approximate surface area is 89.6 Å². The van der Waals surface area contributed by atoms with E-state index in [1.165, 1.54) is 7.11 Å². The number of ether oxygens (including phenoxy) is 1. The molecule has 0 aromatic rings. The van der Waals surface area contributed by atoms with E-state index in [-0.39, 0.29) is 11.8 Å². The van der Waals surface area contributed by atoms with Crippen LogP contribution in [-0.2, 0) is 14.3 Å². The van der Waals surface area contributed by atoms with E-state index in [0.29, 0.717) is 19.5 Å². The second kappa shape index (κ2) is 4.18. The average Bonchev–Trinajstić information content (AvgIpc) is 2.58. The third-order valence-corrected chi connectivity index (χ3v) is 2.90. The number of hydrogen-bond donors (Lipinski definition) is 1. The van der Waals surface area contributed by atoms with Crippen molar-refractivity contribution < 1.29 is 14.3 Å². The summed E-state index contributed by atoms with van der Waals surface area (Å²) in [7, 11) is 1.32. The van der Waals surface area contributed by atoms with Crippen LogP contribution in [0.4, 0.5) is 0 Å². The average molecular weight is 214 g/mol. The Bertz CT molecular complexity index is 276. The molecule has 1 aliphatic rings. The standard InChI is InChI=1S/C10H18N2O3/c1-10(2,9(14)15-3)12-6-7(5-11)4-8(12)13/h7H,4-6,11H2,1-3H3. The first kappa shape index (κ1) is 12.0. The molecule has 5 heteroatoms. The highest BCUT2D eigenvalue weighted by molar-refractivity contribution is 5.88. The monoisotopic (exact) mass is 214 g/mol. The molecule has 0 bridgehead atoms. The molecule has 1 aliphatic heterocycles. The van der Waals surface area contributed by atoms with Crippen LogP contribution in [-0.4, -0.2) is 42.5 Å². The van der Waals surface area contributed by atoms with Crippen LogP contribution in [0.3, 0.4) is 0 Å².